The van der Waals surface area contributed by atoms with E-state index in [9.17, 15) is 0 Å². The van der Waals surface area contributed by atoms with Crippen LogP contribution in [0.2, 0.25) is 0 Å². The second-order valence-corrected chi connectivity index (χ2v) is 4.73. The summed E-state index contributed by atoms with van der Waals surface area (Å²) in [5.74, 6) is -0.490. The van der Waals surface area contributed by atoms with Crippen molar-refractivity contribution in [2.45, 2.75) is 38.7 Å². The highest BCUT2D eigenvalue weighted by Crippen LogP contribution is 2.35. The maximum absolute atomic E-state index is 5.95. The van der Waals surface area contributed by atoms with E-state index >= 15 is 0 Å². The molecule has 1 aliphatic rings. The van der Waals surface area contributed by atoms with Crippen LogP contribution < -0.4 is 5.73 Å². The largest absolute Gasteiger partial charge is 0.347 e. The summed E-state index contributed by atoms with van der Waals surface area (Å²) in [6.45, 7) is 6.44. The zero-order valence-electron chi connectivity index (χ0n) is 10.1. The van der Waals surface area contributed by atoms with E-state index in [1.54, 1.807) is 0 Å². The van der Waals surface area contributed by atoms with Crippen LogP contribution in [-0.4, -0.2) is 12.4 Å². The topological polar surface area (TPSA) is 44.5 Å². The van der Waals surface area contributed by atoms with Gasteiger partial charge in [-0.1, -0.05) is 24.3 Å². The Morgan fingerprint density at radius 2 is 2.06 bits per heavy atom. The molecule has 1 heterocycles. The summed E-state index contributed by atoms with van der Waals surface area (Å²) >= 11 is 0. The third kappa shape index (κ3) is 2.26. The summed E-state index contributed by atoms with van der Waals surface area (Å²) in [5.41, 5.74) is 8.23. The van der Waals surface area contributed by atoms with E-state index in [1.807, 2.05) is 32.9 Å². The van der Waals surface area contributed by atoms with Gasteiger partial charge in [0.1, 0.15) is 6.10 Å². The second-order valence-electron chi connectivity index (χ2n) is 4.73. The third-order valence-electron chi connectivity index (χ3n) is 2.84. The molecule has 1 aliphatic heterocycles. The highest BCUT2D eigenvalue weighted by atomic mass is 16.7. The number of benzene rings is 1. The van der Waals surface area contributed by atoms with E-state index < -0.39 is 5.79 Å². The van der Waals surface area contributed by atoms with Crippen LogP contribution in [0.5, 0.6) is 0 Å². The first kappa shape index (κ1) is 11.6. The average molecular weight is 221 g/mol. The first-order valence-corrected chi connectivity index (χ1v) is 5.66. The van der Waals surface area contributed by atoms with Gasteiger partial charge in [-0.25, -0.2) is 0 Å². The summed E-state index contributed by atoms with van der Waals surface area (Å²) in [5, 5.41) is 0. The lowest BCUT2D eigenvalue weighted by molar-refractivity contribution is -0.139. The van der Waals surface area contributed by atoms with Crippen molar-refractivity contribution in [3.8, 4) is 0 Å². The first-order valence-electron chi connectivity index (χ1n) is 5.66. The number of ether oxygens (including phenoxy) is 2. The molecule has 0 radical (unpaired) electrons. The fourth-order valence-corrected chi connectivity index (χ4v) is 2.06. The Morgan fingerprint density at radius 3 is 2.62 bits per heavy atom. The predicted molar refractivity (Wildman–Crippen MR) is 62.9 cm³/mol. The van der Waals surface area contributed by atoms with Crippen molar-refractivity contribution >= 4 is 0 Å². The van der Waals surface area contributed by atoms with Crippen molar-refractivity contribution in [2.24, 2.45) is 5.73 Å². The smallest absolute Gasteiger partial charge is 0.163 e. The van der Waals surface area contributed by atoms with Crippen LogP contribution in [0.4, 0.5) is 0 Å². The molecule has 1 aromatic rings. The van der Waals surface area contributed by atoms with Gasteiger partial charge in [-0.05, 0) is 31.9 Å². The molecule has 0 aromatic heterocycles. The van der Waals surface area contributed by atoms with E-state index in [-0.39, 0.29) is 12.1 Å². The third-order valence-corrected chi connectivity index (χ3v) is 2.84. The Labute approximate surface area is 96.5 Å². The van der Waals surface area contributed by atoms with Gasteiger partial charge >= 0.3 is 0 Å². The van der Waals surface area contributed by atoms with Crippen LogP contribution in [0.25, 0.3) is 0 Å². The fourth-order valence-electron chi connectivity index (χ4n) is 2.06. The summed E-state index contributed by atoms with van der Waals surface area (Å²) in [4.78, 5) is 0. The van der Waals surface area contributed by atoms with Crippen LogP contribution in [0.3, 0.4) is 0 Å². The van der Waals surface area contributed by atoms with Crippen LogP contribution in [0.15, 0.2) is 24.3 Å². The Balaban J connectivity index is 2.28. The lowest BCUT2D eigenvalue weighted by Crippen LogP contribution is -2.20. The van der Waals surface area contributed by atoms with Gasteiger partial charge in [-0.2, -0.15) is 0 Å². The van der Waals surface area contributed by atoms with Crippen molar-refractivity contribution in [2.75, 3.05) is 6.61 Å². The van der Waals surface area contributed by atoms with Gasteiger partial charge in [0.2, 0.25) is 0 Å². The number of rotatable bonds is 2. The lowest BCUT2D eigenvalue weighted by Gasteiger charge is -2.20. The molecule has 16 heavy (non-hydrogen) atoms. The van der Waals surface area contributed by atoms with Crippen molar-refractivity contribution in [3.63, 3.8) is 0 Å². The molecular weight excluding hydrogens is 202 g/mol. The molecule has 2 atom stereocenters. The molecule has 3 heteroatoms. The van der Waals surface area contributed by atoms with E-state index in [0.717, 1.165) is 11.1 Å². The molecule has 3 nitrogen and oxygen atoms in total. The highest BCUT2D eigenvalue weighted by Gasteiger charge is 2.34. The van der Waals surface area contributed by atoms with Gasteiger partial charge in [-0.15, -0.1) is 0 Å². The Kier molecular flexibility index (Phi) is 3.02. The van der Waals surface area contributed by atoms with Gasteiger partial charge < -0.3 is 15.2 Å². The average Bonchev–Trinajstić information content (AvgIpc) is 2.59. The predicted octanol–water partition coefficient (Wildman–Crippen LogP) is 2.53. The molecule has 2 N–H and O–H groups in total. The molecule has 2 rings (SSSR count). The van der Waals surface area contributed by atoms with E-state index in [4.69, 9.17) is 15.2 Å². The molecule has 0 saturated carbocycles. The van der Waals surface area contributed by atoms with Crippen molar-refractivity contribution in [1.29, 1.82) is 0 Å². The van der Waals surface area contributed by atoms with Gasteiger partial charge in [0, 0.05) is 6.04 Å². The summed E-state index contributed by atoms with van der Waals surface area (Å²) in [7, 11) is 0. The Hall–Kier alpha value is -0.900. The maximum atomic E-state index is 5.95. The first-order chi connectivity index (χ1) is 7.49. The second kappa shape index (κ2) is 4.17. The molecule has 0 spiro atoms. The molecule has 88 valence electrons. The van der Waals surface area contributed by atoms with Crippen LogP contribution in [-0.2, 0) is 9.47 Å². The maximum Gasteiger partial charge on any atom is 0.163 e. The van der Waals surface area contributed by atoms with Crippen LogP contribution >= 0.6 is 0 Å². The summed E-state index contributed by atoms with van der Waals surface area (Å²) in [6, 6.07) is 8.14. The van der Waals surface area contributed by atoms with Crippen LogP contribution in [0.1, 0.15) is 44.0 Å². The molecular formula is C13H19NO2. The molecule has 1 saturated heterocycles. The molecule has 1 aromatic carbocycles. The standard InChI is InChI=1S/C13H19NO2/c1-9(14)10-6-4-5-7-11(10)12-8-15-13(2,3)16-12/h4-7,9,12H,8,14H2,1-3H3. The molecule has 0 aliphatic carbocycles. The number of hydrogen-bond acceptors (Lipinski definition) is 3. The summed E-state index contributed by atoms with van der Waals surface area (Å²) in [6.07, 6.45) is -0.00259. The summed E-state index contributed by atoms with van der Waals surface area (Å²) < 4.78 is 11.4. The zero-order valence-corrected chi connectivity index (χ0v) is 10.1. The molecule has 0 bridgehead atoms. The normalized spacial score (nSPS) is 25.6. The quantitative estimate of drug-likeness (QED) is 0.834. The highest BCUT2D eigenvalue weighted by molar-refractivity contribution is 5.32. The van der Waals surface area contributed by atoms with Gasteiger partial charge in [0.25, 0.3) is 0 Å². The molecule has 0 amide bonds. The number of hydrogen-bond donors (Lipinski definition) is 1. The minimum atomic E-state index is -0.490. The Morgan fingerprint density at radius 1 is 1.38 bits per heavy atom. The van der Waals surface area contributed by atoms with Gasteiger partial charge in [0.05, 0.1) is 6.61 Å². The van der Waals surface area contributed by atoms with E-state index in [0.29, 0.717) is 6.61 Å². The van der Waals surface area contributed by atoms with Crippen molar-refractivity contribution in [1.82, 2.24) is 0 Å². The van der Waals surface area contributed by atoms with Crippen molar-refractivity contribution < 1.29 is 9.47 Å². The van der Waals surface area contributed by atoms with E-state index in [1.165, 1.54) is 0 Å². The van der Waals surface area contributed by atoms with E-state index in [2.05, 4.69) is 12.1 Å². The monoisotopic (exact) mass is 221 g/mol. The minimum Gasteiger partial charge on any atom is -0.347 e. The van der Waals surface area contributed by atoms with Gasteiger partial charge in [-0.3, -0.25) is 0 Å². The molecule has 2 unspecified atom stereocenters. The number of nitrogens with two attached hydrogens (primary N) is 1. The Bertz CT molecular complexity index is 374. The zero-order chi connectivity index (χ0) is 11.8. The van der Waals surface area contributed by atoms with Gasteiger partial charge in [0.15, 0.2) is 5.79 Å². The van der Waals surface area contributed by atoms with Crippen molar-refractivity contribution in [3.05, 3.63) is 35.4 Å². The lowest BCUT2D eigenvalue weighted by atomic mass is 9.98. The van der Waals surface area contributed by atoms with Crippen LogP contribution in [0, 0.1) is 0 Å². The molecule has 1 fully saturated rings. The minimum absolute atomic E-state index is 0.00259. The fraction of sp³-hybridized carbons (Fsp3) is 0.538. The SMILES string of the molecule is CC(N)c1ccccc1C1COC(C)(C)O1.